The summed E-state index contributed by atoms with van der Waals surface area (Å²) >= 11 is 2.70. The third-order valence-electron chi connectivity index (χ3n) is 1.95. The average Bonchev–Trinajstić information content (AvgIpc) is 2.25. The van der Waals surface area contributed by atoms with Gasteiger partial charge in [0.1, 0.15) is 15.0 Å². The smallest absolute Gasteiger partial charge is 0.858 e. The molecule has 0 aliphatic carbocycles. The number of hydrogen-bond donors (Lipinski definition) is 1. The van der Waals surface area contributed by atoms with E-state index in [2.05, 4.69) is 27.5 Å². The van der Waals surface area contributed by atoms with Crippen LogP contribution in [0.15, 0.2) is 44.0 Å². The molecular formula is C9H6BrK2NO7S2. The van der Waals surface area contributed by atoms with Gasteiger partial charge in [0.05, 0.1) is 10.6 Å². The molecule has 0 atom stereocenters. The summed E-state index contributed by atoms with van der Waals surface area (Å²) in [6, 6.07) is 1.90. The second-order valence-electron chi connectivity index (χ2n) is 3.38. The molecule has 0 saturated heterocycles. The number of aliphatic imine (C=N–C) groups is 1. The molecule has 0 bridgehead atoms. The fourth-order valence-corrected chi connectivity index (χ4v) is 2.32. The summed E-state index contributed by atoms with van der Waals surface area (Å²) in [6.45, 7) is 3.20. The van der Waals surface area contributed by atoms with E-state index >= 15 is 0 Å². The van der Waals surface area contributed by atoms with Crippen LogP contribution in [0, 0.1) is 0 Å². The van der Waals surface area contributed by atoms with Crippen LogP contribution in [0.3, 0.4) is 0 Å². The fraction of sp³-hybridized carbons (Fsp3) is 0. The topological polar surface area (TPSA) is 147 Å². The molecule has 1 rings (SSSR count). The largest absolute Gasteiger partial charge is 1.00 e. The van der Waals surface area contributed by atoms with Crippen LogP contribution < -0.4 is 108 Å². The van der Waals surface area contributed by atoms with Crippen molar-refractivity contribution in [1.82, 2.24) is 0 Å². The number of hydrogen-bond acceptors (Lipinski definition) is 7. The summed E-state index contributed by atoms with van der Waals surface area (Å²) in [5.41, 5.74) is -0.685. The number of halogens is 1. The van der Waals surface area contributed by atoms with E-state index < -0.39 is 41.6 Å². The maximum absolute atomic E-state index is 11.3. The molecule has 13 heteroatoms. The third-order valence-corrected chi connectivity index (χ3v) is 4.02. The first kappa shape index (κ1) is 26.2. The van der Waals surface area contributed by atoms with E-state index in [-0.39, 0.29) is 107 Å². The van der Waals surface area contributed by atoms with Gasteiger partial charge in [-0.1, -0.05) is 22.5 Å². The minimum absolute atomic E-state index is 0. The fourth-order valence-electron chi connectivity index (χ4n) is 1.13. The van der Waals surface area contributed by atoms with Gasteiger partial charge in [0, 0.05) is 10.4 Å². The Labute approximate surface area is 220 Å². The van der Waals surface area contributed by atoms with Crippen LogP contribution in [-0.4, -0.2) is 31.8 Å². The maximum atomic E-state index is 11.3. The molecule has 0 radical (unpaired) electrons. The van der Waals surface area contributed by atoms with Gasteiger partial charge in [0.15, 0.2) is 0 Å². The number of rotatable bonds is 4. The Bertz CT molecular complexity index is 805. The van der Waals surface area contributed by atoms with Crippen molar-refractivity contribution in [1.29, 1.82) is 0 Å². The zero-order chi connectivity index (χ0) is 15.7. The first-order valence-corrected chi connectivity index (χ1v) is 8.25. The molecule has 1 aromatic rings. The van der Waals surface area contributed by atoms with Crippen molar-refractivity contribution in [3.8, 4) is 0 Å². The molecule has 0 fully saturated rings. The predicted molar refractivity (Wildman–Crippen MR) is 69.4 cm³/mol. The average molecular weight is 462 g/mol. The Morgan fingerprint density at radius 1 is 1.23 bits per heavy atom. The van der Waals surface area contributed by atoms with Crippen LogP contribution >= 0.6 is 15.9 Å². The van der Waals surface area contributed by atoms with Crippen molar-refractivity contribution < 1.29 is 134 Å². The van der Waals surface area contributed by atoms with E-state index in [1.54, 1.807) is 0 Å². The maximum Gasteiger partial charge on any atom is 1.00 e. The summed E-state index contributed by atoms with van der Waals surface area (Å²) in [4.78, 5) is 1.66. The summed E-state index contributed by atoms with van der Waals surface area (Å²) < 4.78 is 63.4. The summed E-state index contributed by atoms with van der Waals surface area (Å²) in [5, 5.41) is 11.3. The van der Waals surface area contributed by atoms with Crippen LogP contribution in [0.5, 0.6) is 0 Å². The normalized spacial score (nSPS) is 12.0. The Hall–Kier alpha value is 2.00. The molecule has 0 aromatic heterocycles. The van der Waals surface area contributed by atoms with Crippen molar-refractivity contribution in [3.05, 3.63) is 29.3 Å². The molecule has 110 valence electrons. The van der Waals surface area contributed by atoms with Gasteiger partial charge in [-0.15, -0.1) is 0 Å². The second-order valence-corrected chi connectivity index (χ2v) is 7.11. The molecule has 0 amide bonds. The van der Waals surface area contributed by atoms with Crippen molar-refractivity contribution in [2.75, 3.05) is 0 Å². The van der Waals surface area contributed by atoms with Gasteiger partial charge in [-0.25, -0.2) is 8.42 Å². The minimum atomic E-state index is -4.88. The van der Waals surface area contributed by atoms with E-state index in [9.17, 15) is 26.5 Å². The Morgan fingerprint density at radius 2 is 1.73 bits per heavy atom. The van der Waals surface area contributed by atoms with Crippen molar-refractivity contribution in [2.45, 2.75) is 9.79 Å². The van der Waals surface area contributed by atoms with Crippen LogP contribution in [-0.2, 0) is 20.2 Å². The Kier molecular flexibility index (Phi) is 12.2. The van der Waals surface area contributed by atoms with Crippen LogP contribution in [0.1, 0.15) is 0 Å². The summed E-state index contributed by atoms with van der Waals surface area (Å²) in [5.74, 6) is -1.00. The molecule has 0 heterocycles. The van der Waals surface area contributed by atoms with E-state index in [0.29, 0.717) is 18.2 Å². The van der Waals surface area contributed by atoms with Gasteiger partial charge in [-0.2, -0.15) is 8.42 Å². The van der Waals surface area contributed by atoms with Gasteiger partial charge in [0.2, 0.25) is 0 Å². The molecule has 0 spiro atoms. The molecule has 0 saturated carbocycles. The zero-order valence-electron chi connectivity index (χ0n) is 11.5. The summed E-state index contributed by atoms with van der Waals surface area (Å²) in [6.07, 6.45) is 0. The van der Waals surface area contributed by atoms with Gasteiger partial charge >= 0.3 is 103 Å². The van der Waals surface area contributed by atoms with E-state index in [1.165, 1.54) is 0 Å². The molecule has 1 aromatic carbocycles. The molecule has 1 N–H and O–H groups in total. The van der Waals surface area contributed by atoms with Gasteiger partial charge in [-0.3, -0.25) is 9.55 Å². The monoisotopic (exact) mass is 461 g/mol. The van der Waals surface area contributed by atoms with E-state index in [4.69, 9.17) is 4.55 Å². The number of benzene rings is 1. The van der Waals surface area contributed by atoms with Crippen LogP contribution in [0.2, 0.25) is 0 Å². The van der Waals surface area contributed by atoms with Crippen LogP contribution in [0.4, 0.5) is 5.69 Å². The summed E-state index contributed by atoms with van der Waals surface area (Å²) in [7, 11) is -9.63. The SMILES string of the molecule is C=C(Br)C([O-])=Nc1cc(S(=O)(=O)[O-])ccc1S(=O)(=O)O.[K+].[K+]. The predicted octanol–water partition coefficient (Wildman–Crippen LogP) is -5.86. The van der Waals surface area contributed by atoms with E-state index in [1.807, 2.05) is 0 Å². The first-order valence-electron chi connectivity index (χ1n) is 4.61. The van der Waals surface area contributed by atoms with Crippen molar-refractivity contribution in [2.24, 2.45) is 4.99 Å². The molecule has 0 aliphatic rings. The quantitative estimate of drug-likeness (QED) is 0.203. The Balaban J connectivity index is 0. The van der Waals surface area contributed by atoms with Crippen molar-refractivity contribution >= 4 is 47.8 Å². The van der Waals surface area contributed by atoms with Crippen LogP contribution in [0.25, 0.3) is 0 Å². The number of nitrogens with zero attached hydrogens (tertiary/aromatic N) is 1. The van der Waals surface area contributed by atoms with Gasteiger partial charge in [0.25, 0.3) is 10.1 Å². The van der Waals surface area contributed by atoms with Gasteiger partial charge in [-0.05, 0) is 18.2 Å². The zero-order valence-corrected chi connectivity index (χ0v) is 20.9. The second kappa shape index (κ2) is 10.2. The molecule has 0 aliphatic heterocycles. The molecule has 0 unspecified atom stereocenters. The first-order chi connectivity index (χ1) is 8.93. The van der Waals surface area contributed by atoms with Crippen molar-refractivity contribution in [3.63, 3.8) is 0 Å². The van der Waals surface area contributed by atoms with E-state index in [0.717, 1.165) is 0 Å². The Morgan fingerprint density at radius 3 is 2.09 bits per heavy atom. The standard InChI is InChI=1S/C9H8BrNO7S2.2K/c1-5(10)9(12)11-7-4-6(19(13,14)15)2-3-8(7)20(16,17)18;;/h2-4H,1H2,(H,11,12)(H,13,14,15)(H,16,17,18);;/q;2*+1/p-2. The minimum Gasteiger partial charge on any atom is -0.858 e. The molecule has 22 heavy (non-hydrogen) atoms. The van der Waals surface area contributed by atoms with Gasteiger partial charge < -0.3 is 9.66 Å². The molecule has 8 nitrogen and oxygen atoms in total. The third kappa shape index (κ3) is 7.92. The molecular weight excluding hydrogens is 456 g/mol.